The second-order valence-electron chi connectivity index (χ2n) is 6.58. The molecule has 2 nitrogen and oxygen atoms in total. The van der Waals surface area contributed by atoms with Crippen molar-refractivity contribution >= 4 is 0 Å². The zero-order valence-corrected chi connectivity index (χ0v) is 11.9. The van der Waals surface area contributed by atoms with Crippen molar-refractivity contribution in [2.75, 3.05) is 13.1 Å². The molecule has 0 radical (unpaired) electrons. The van der Waals surface area contributed by atoms with Crippen LogP contribution in [0.3, 0.4) is 0 Å². The molecule has 0 aromatic heterocycles. The van der Waals surface area contributed by atoms with Gasteiger partial charge in [-0.3, -0.25) is 4.90 Å². The Bertz CT molecular complexity index is 375. The van der Waals surface area contributed by atoms with Crippen LogP contribution in [-0.2, 0) is 12.0 Å². The highest BCUT2D eigenvalue weighted by Crippen LogP contribution is 2.22. The standard InChI is InChI=1S/C16H26N2/c1-16(2,3)14-8-6-13(7-9-14)11-18-10-4-5-15(17)12-18/h6-9,15H,4-5,10-12,17H2,1-3H3/t15-/m1/s1. The highest BCUT2D eigenvalue weighted by molar-refractivity contribution is 5.27. The summed E-state index contributed by atoms with van der Waals surface area (Å²) in [5, 5.41) is 0. The van der Waals surface area contributed by atoms with Gasteiger partial charge in [0.2, 0.25) is 0 Å². The number of rotatable bonds is 2. The van der Waals surface area contributed by atoms with Crippen molar-refractivity contribution in [1.82, 2.24) is 4.90 Å². The first-order valence-corrected chi connectivity index (χ1v) is 7.02. The molecule has 1 aliphatic heterocycles. The Morgan fingerprint density at radius 1 is 1.22 bits per heavy atom. The molecule has 1 saturated heterocycles. The van der Waals surface area contributed by atoms with Crippen LogP contribution in [0.5, 0.6) is 0 Å². The van der Waals surface area contributed by atoms with Crippen LogP contribution >= 0.6 is 0 Å². The lowest BCUT2D eigenvalue weighted by Crippen LogP contribution is -2.42. The third-order valence-corrected chi connectivity index (χ3v) is 3.77. The van der Waals surface area contributed by atoms with Crippen molar-refractivity contribution < 1.29 is 0 Å². The van der Waals surface area contributed by atoms with E-state index in [9.17, 15) is 0 Å². The van der Waals surface area contributed by atoms with Gasteiger partial charge in [0.1, 0.15) is 0 Å². The van der Waals surface area contributed by atoms with Crippen LogP contribution in [0.2, 0.25) is 0 Å². The quantitative estimate of drug-likeness (QED) is 0.869. The number of likely N-dealkylation sites (tertiary alicyclic amines) is 1. The van der Waals surface area contributed by atoms with E-state index in [2.05, 4.69) is 49.9 Å². The molecule has 2 rings (SSSR count). The molecule has 0 unspecified atom stereocenters. The Morgan fingerprint density at radius 2 is 1.89 bits per heavy atom. The molecule has 2 heteroatoms. The molecule has 100 valence electrons. The molecule has 1 heterocycles. The van der Waals surface area contributed by atoms with Gasteiger partial charge in [-0.1, -0.05) is 45.0 Å². The van der Waals surface area contributed by atoms with Crippen molar-refractivity contribution in [2.45, 2.75) is 51.6 Å². The van der Waals surface area contributed by atoms with Gasteiger partial charge in [-0.05, 0) is 35.9 Å². The molecular formula is C16H26N2. The van der Waals surface area contributed by atoms with Crippen LogP contribution in [0.25, 0.3) is 0 Å². The molecular weight excluding hydrogens is 220 g/mol. The summed E-state index contributed by atoms with van der Waals surface area (Å²) in [6, 6.07) is 9.42. The average Bonchev–Trinajstić information content (AvgIpc) is 2.28. The maximum atomic E-state index is 6.02. The minimum absolute atomic E-state index is 0.242. The lowest BCUT2D eigenvalue weighted by atomic mass is 9.86. The predicted molar refractivity (Wildman–Crippen MR) is 77.6 cm³/mol. The Labute approximate surface area is 111 Å². The van der Waals surface area contributed by atoms with Gasteiger partial charge in [-0.25, -0.2) is 0 Å². The lowest BCUT2D eigenvalue weighted by Gasteiger charge is -2.30. The Morgan fingerprint density at radius 3 is 2.44 bits per heavy atom. The zero-order valence-electron chi connectivity index (χ0n) is 11.9. The maximum absolute atomic E-state index is 6.02. The summed E-state index contributed by atoms with van der Waals surface area (Å²) in [6.45, 7) is 10.0. The van der Waals surface area contributed by atoms with E-state index in [4.69, 9.17) is 5.73 Å². The van der Waals surface area contributed by atoms with Gasteiger partial charge in [0.15, 0.2) is 0 Å². The van der Waals surface area contributed by atoms with Crippen molar-refractivity contribution in [3.63, 3.8) is 0 Å². The van der Waals surface area contributed by atoms with E-state index >= 15 is 0 Å². The van der Waals surface area contributed by atoms with E-state index in [1.807, 2.05) is 0 Å². The van der Waals surface area contributed by atoms with Gasteiger partial charge >= 0.3 is 0 Å². The molecule has 0 amide bonds. The average molecular weight is 246 g/mol. The third kappa shape index (κ3) is 3.56. The molecule has 2 N–H and O–H groups in total. The molecule has 1 aromatic rings. The maximum Gasteiger partial charge on any atom is 0.0234 e. The monoisotopic (exact) mass is 246 g/mol. The summed E-state index contributed by atoms with van der Waals surface area (Å²) in [7, 11) is 0. The fourth-order valence-corrected chi connectivity index (χ4v) is 2.60. The van der Waals surface area contributed by atoms with Gasteiger partial charge in [0.25, 0.3) is 0 Å². The molecule has 1 fully saturated rings. The summed E-state index contributed by atoms with van der Waals surface area (Å²) in [5.41, 5.74) is 9.06. The molecule has 1 aromatic carbocycles. The first kappa shape index (κ1) is 13.6. The van der Waals surface area contributed by atoms with Crippen LogP contribution in [0.4, 0.5) is 0 Å². The number of nitrogens with two attached hydrogens (primary N) is 1. The molecule has 0 bridgehead atoms. The first-order valence-electron chi connectivity index (χ1n) is 7.02. The number of hydrogen-bond donors (Lipinski definition) is 1. The Balaban J connectivity index is 1.98. The van der Waals surface area contributed by atoms with Crippen molar-refractivity contribution in [1.29, 1.82) is 0 Å². The molecule has 0 spiro atoms. The SMILES string of the molecule is CC(C)(C)c1ccc(CN2CCC[C@@H](N)C2)cc1. The van der Waals surface area contributed by atoms with Gasteiger partial charge < -0.3 is 5.73 Å². The number of nitrogens with zero attached hydrogens (tertiary/aromatic N) is 1. The summed E-state index contributed by atoms with van der Waals surface area (Å²) >= 11 is 0. The highest BCUT2D eigenvalue weighted by Gasteiger charge is 2.17. The number of piperidine rings is 1. The zero-order chi connectivity index (χ0) is 13.2. The van der Waals surface area contributed by atoms with Crippen LogP contribution in [0, 0.1) is 0 Å². The fraction of sp³-hybridized carbons (Fsp3) is 0.625. The molecule has 18 heavy (non-hydrogen) atoms. The van der Waals surface area contributed by atoms with Crippen LogP contribution < -0.4 is 5.73 Å². The minimum atomic E-state index is 0.242. The lowest BCUT2D eigenvalue weighted by molar-refractivity contribution is 0.201. The van der Waals surface area contributed by atoms with Crippen LogP contribution in [0.1, 0.15) is 44.7 Å². The summed E-state index contributed by atoms with van der Waals surface area (Å²) in [4.78, 5) is 2.47. The first-order chi connectivity index (χ1) is 8.45. The molecule has 1 aliphatic rings. The predicted octanol–water partition coefficient (Wildman–Crippen LogP) is 2.91. The third-order valence-electron chi connectivity index (χ3n) is 3.77. The van der Waals surface area contributed by atoms with Crippen LogP contribution in [-0.4, -0.2) is 24.0 Å². The molecule has 0 aliphatic carbocycles. The van der Waals surface area contributed by atoms with Crippen molar-refractivity contribution in [3.8, 4) is 0 Å². The summed E-state index contributed by atoms with van der Waals surface area (Å²) < 4.78 is 0. The normalized spacial score (nSPS) is 22.1. The van der Waals surface area contributed by atoms with Crippen LogP contribution in [0.15, 0.2) is 24.3 Å². The van der Waals surface area contributed by atoms with Gasteiger partial charge in [0, 0.05) is 19.1 Å². The largest absolute Gasteiger partial charge is 0.327 e. The van der Waals surface area contributed by atoms with E-state index in [-0.39, 0.29) is 5.41 Å². The summed E-state index contributed by atoms with van der Waals surface area (Å²) in [5.74, 6) is 0. The van der Waals surface area contributed by atoms with Gasteiger partial charge in [-0.2, -0.15) is 0 Å². The number of hydrogen-bond acceptors (Lipinski definition) is 2. The molecule has 1 atom stereocenters. The van der Waals surface area contributed by atoms with Gasteiger partial charge in [0.05, 0.1) is 0 Å². The number of benzene rings is 1. The summed E-state index contributed by atoms with van der Waals surface area (Å²) in [6.07, 6.45) is 2.42. The topological polar surface area (TPSA) is 29.3 Å². The minimum Gasteiger partial charge on any atom is -0.327 e. The van der Waals surface area contributed by atoms with E-state index in [0.717, 1.165) is 13.1 Å². The van der Waals surface area contributed by atoms with E-state index in [0.29, 0.717) is 6.04 Å². The second-order valence-corrected chi connectivity index (χ2v) is 6.58. The second kappa shape index (κ2) is 5.41. The smallest absolute Gasteiger partial charge is 0.0234 e. The van der Waals surface area contributed by atoms with E-state index in [1.165, 1.54) is 30.5 Å². The van der Waals surface area contributed by atoms with Gasteiger partial charge in [-0.15, -0.1) is 0 Å². The fourth-order valence-electron chi connectivity index (χ4n) is 2.60. The van der Waals surface area contributed by atoms with Crippen molar-refractivity contribution in [2.24, 2.45) is 5.73 Å². The Kier molecular flexibility index (Phi) is 4.08. The Hall–Kier alpha value is -0.860. The van der Waals surface area contributed by atoms with Crippen molar-refractivity contribution in [3.05, 3.63) is 35.4 Å². The van der Waals surface area contributed by atoms with E-state index in [1.54, 1.807) is 0 Å². The van der Waals surface area contributed by atoms with E-state index < -0.39 is 0 Å². The highest BCUT2D eigenvalue weighted by atomic mass is 15.1. The molecule has 0 saturated carbocycles.